The summed E-state index contributed by atoms with van der Waals surface area (Å²) < 4.78 is 0. The van der Waals surface area contributed by atoms with Crippen LogP contribution >= 0.6 is 0 Å². The van der Waals surface area contributed by atoms with Crippen molar-refractivity contribution in [1.82, 2.24) is 5.32 Å². The monoisotopic (exact) mass is 360 g/mol. The lowest BCUT2D eigenvalue weighted by Crippen LogP contribution is -2.34. The number of amides is 1. The highest BCUT2D eigenvalue weighted by molar-refractivity contribution is 6.04. The van der Waals surface area contributed by atoms with Crippen LogP contribution in [0.4, 0.5) is 5.69 Å². The summed E-state index contributed by atoms with van der Waals surface area (Å²) in [6, 6.07) is 27.0. The van der Waals surface area contributed by atoms with Crippen molar-refractivity contribution in [3.05, 3.63) is 102 Å². The maximum absolute atomic E-state index is 12.2. The Balaban J connectivity index is 1.53. The van der Waals surface area contributed by atoms with Crippen LogP contribution in [0.15, 0.2) is 84.9 Å². The Morgan fingerprint density at radius 1 is 0.815 bits per heavy atom. The number of hydrogen-bond donors (Lipinski definition) is 3. The van der Waals surface area contributed by atoms with E-state index in [2.05, 4.69) is 22.8 Å². The molecule has 0 radical (unpaired) electrons. The molecular formula is C23H24N2O2. The van der Waals surface area contributed by atoms with Crippen molar-refractivity contribution in [2.45, 2.75) is 19.0 Å². The van der Waals surface area contributed by atoms with Crippen LogP contribution in [0.3, 0.4) is 0 Å². The SMILES string of the molecule is O=C(Nc1ccc(C[C@@H](CO)NCc2ccccc2)cc1)c1ccccc1. The van der Waals surface area contributed by atoms with Gasteiger partial charge < -0.3 is 15.7 Å². The average Bonchev–Trinajstić information content (AvgIpc) is 2.73. The Morgan fingerprint density at radius 3 is 2.07 bits per heavy atom. The summed E-state index contributed by atoms with van der Waals surface area (Å²) in [7, 11) is 0. The first-order valence-electron chi connectivity index (χ1n) is 9.08. The topological polar surface area (TPSA) is 61.4 Å². The van der Waals surface area contributed by atoms with Crippen molar-refractivity contribution in [1.29, 1.82) is 0 Å². The molecule has 1 amide bonds. The summed E-state index contributed by atoms with van der Waals surface area (Å²) in [6.07, 6.45) is 0.718. The minimum absolute atomic E-state index is 0.0185. The quantitative estimate of drug-likeness (QED) is 0.575. The Kier molecular flexibility index (Phi) is 6.74. The molecule has 0 aliphatic carbocycles. The fourth-order valence-electron chi connectivity index (χ4n) is 2.86. The number of hydrogen-bond acceptors (Lipinski definition) is 3. The molecule has 0 saturated heterocycles. The van der Waals surface area contributed by atoms with E-state index in [0.29, 0.717) is 5.56 Å². The Labute approximate surface area is 159 Å². The van der Waals surface area contributed by atoms with Crippen molar-refractivity contribution in [3.63, 3.8) is 0 Å². The zero-order valence-corrected chi connectivity index (χ0v) is 15.1. The van der Waals surface area contributed by atoms with Crippen LogP contribution in [0.25, 0.3) is 0 Å². The molecule has 3 aromatic rings. The molecule has 0 fully saturated rings. The summed E-state index contributed by atoms with van der Waals surface area (Å²) in [5.74, 6) is -0.124. The van der Waals surface area contributed by atoms with Crippen LogP contribution in [0.2, 0.25) is 0 Å². The van der Waals surface area contributed by atoms with Gasteiger partial charge in [0.05, 0.1) is 6.61 Å². The number of carbonyl (C=O) groups excluding carboxylic acids is 1. The van der Waals surface area contributed by atoms with Crippen LogP contribution in [-0.4, -0.2) is 23.7 Å². The highest BCUT2D eigenvalue weighted by Crippen LogP contribution is 2.13. The van der Waals surface area contributed by atoms with Crippen LogP contribution in [0.1, 0.15) is 21.5 Å². The van der Waals surface area contributed by atoms with Crippen LogP contribution in [0, 0.1) is 0 Å². The van der Waals surface area contributed by atoms with Crippen LogP contribution in [0.5, 0.6) is 0 Å². The molecule has 4 heteroatoms. The van der Waals surface area contributed by atoms with Crippen LogP contribution in [-0.2, 0) is 13.0 Å². The lowest BCUT2D eigenvalue weighted by Gasteiger charge is -2.17. The largest absolute Gasteiger partial charge is 0.395 e. The first-order valence-corrected chi connectivity index (χ1v) is 9.08. The van der Waals surface area contributed by atoms with E-state index in [1.807, 2.05) is 60.7 Å². The van der Waals surface area contributed by atoms with Crippen molar-refractivity contribution in [2.75, 3.05) is 11.9 Å². The molecule has 0 heterocycles. The summed E-state index contributed by atoms with van der Waals surface area (Å²) in [4.78, 5) is 12.2. The molecule has 138 valence electrons. The third-order valence-electron chi connectivity index (χ3n) is 4.39. The van der Waals surface area contributed by atoms with Crippen molar-refractivity contribution in [3.8, 4) is 0 Å². The van der Waals surface area contributed by atoms with Gasteiger partial charge in [-0.3, -0.25) is 4.79 Å². The number of benzene rings is 3. The Bertz CT molecular complexity index is 833. The standard InChI is InChI=1S/C23H24N2O2/c26-17-22(24-16-19-7-3-1-4-8-19)15-18-11-13-21(14-12-18)25-23(27)20-9-5-2-6-10-20/h1-14,22,24,26H,15-17H2,(H,25,27)/t22-/m0/s1. The summed E-state index contributed by atoms with van der Waals surface area (Å²) in [6.45, 7) is 0.788. The van der Waals surface area contributed by atoms with Gasteiger partial charge in [-0.25, -0.2) is 0 Å². The number of anilines is 1. The summed E-state index contributed by atoms with van der Waals surface area (Å²) in [5, 5.41) is 15.9. The third-order valence-corrected chi connectivity index (χ3v) is 4.39. The van der Waals surface area contributed by atoms with Gasteiger partial charge in [0.1, 0.15) is 0 Å². The number of rotatable bonds is 8. The third kappa shape index (κ3) is 5.78. The molecule has 0 spiro atoms. The molecule has 3 N–H and O–H groups in total. The number of aliphatic hydroxyl groups excluding tert-OH is 1. The minimum atomic E-state index is -0.124. The molecular weight excluding hydrogens is 336 g/mol. The van der Waals surface area contributed by atoms with Gasteiger partial charge in [0.2, 0.25) is 0 Å². The van der Waals surface area contributed by atoms with E-state index >= 15 is 0 Å². The number of carbonyl (C=O) groups is 1. The molecule has 0 aromatic heterocycles. The second kappa shape index (κ2) is 9.67. The van der Waals surface area contributed by atoms with Crippen LogP contribution < -0.4 is 10.6 Å². The van der Waals surface area contributed by atoms with E-state index in [1.54, 1.807) is 12.1 Å². The van der Waals surface area contributed by atoms with Gasteiger partial charge in [-0.1, -0.05) is 60.7 Å². The number of nitrogens with one attached hydrogen (secondary N) is 2. The van der Waals surface area contributed by atoms with Gasteiger partial charge in [0, 0.05) is 23.8 Å². The molecule has 1 atom stereocenters. The van der Waals surface area contributed by atoms with E-state index in [9.17, 15) is 9.90 Å². The molecule has 3 rings (SSSR count). The van der Waals surface area contributed by atoms with Crippen molar-refractivity contribution in [2.24, 2.45) is 0 Å². The summed E-state index contributed by atoms with van der Waals surface area (Å²) >= 11 is 0. The van der Waals surface area contributed by atoms with Gasteiger partial charge in [0.15, 0.2) is 0 Å². The lowest BCUT2D eigenvalue weighted by molar-refractivity contribution is 0.102. The average molecular weight is 360 g/mol. The number of aliphatic hydroxyl groups is 1. The summed E-state index contributed by atoms with van der Waals surface area (Å²) in [5.41, 5.74) is 3.68. The van der Waals surface area contributed by atoms with Gasteiger partial charge in [-0.05, 0) is 41.8 Å². The molecule has 0 bridgehead atoms. The zero-order valence-electron chi connectivity index (χ0n) is 15.1. The first-order chi connectivity index (χ1) is 13.2. The molecule has 0 aliphatic heterocycles. The van der Waals surface area contributed by atoms with E-state index in [-0.39, 0.29) is 18.6 Å². The normalized spacial score (nSPS) is 11.7. The van der Waals surface area contributed by atoms with E-state index in [1.165, 1.54) is 5.56 Å². The Morgan fingerprint density at radius 2 is 1.44 bits per heavy atom. The maximum atomic E-state index is 12.2. The predicted molar refractivity (Wildman–Crippen MR) is 109 cm³/mol. The fourth-order valence-corrected chi connectivity index (χ4v) is 2.86. The van der Waals surface area contributed by atoms with Gasteiger partial charge in [-0.2, -0.15) is 0 Å². The molecule has 4 nitrogen and oxygen atoms in total. The minimum Gasteiger partial charge on any atom is -0.395 e. The van der Waals surface area contributed by atoms with Crippen molar-refractivity contribution < 1.29 is 9.90 Å². The fraction of sp³-hybridized carbons (Fsp3) is 0.174. The van der Waals surface area contributed by atoms with Crippen molar-refractivity contribution >= 4 is 11.6 Å². The Hall–Kier alpha value is -2.95. The predicted octanol–water partition coefficient (Wildman–Crippen LogP) is 3.63. The smallest absolute Gasteiger partial charge is 0.255 e. The maximum Gasteiger partial charge on any atom is 0.255 e. The van der Waals surface area contributed by atoms with Gasteiger partial charge in [0.25, 0.3) is 5.91 Å². The van der Waals surface area contributed by atoms with E-state index < -0.39 is 0 Å². The lowest BCUT2D eigenvalue weighted by atomic mass is 10.1. The molecule has 3 aromatic carbocycles. The van der Waals surface area contributed by atoms with E-state index in [0.717, 1.165) is 24.2 Å². The zero-order chi connectivity index (χ0) is 18.9. The molecule has 0 aliphatic rings. The molecule has 0 unspecified atom stereocenters. The second-order valence-electron chi connectivity index (χ2n) is 6.47. The highest BCUT2D eigenvalue weighted by Gasteiger charge is 2.09. The second-order valence-corrected chi connectivity index (χ2v) is 6.47. The van der Waals surface area contributed by atoms with Gasteiger partial charge in [-0.15, -0.1) is 0 Å². The molecule has 27 heavy (non-hydrogen) atoms. The first kappa shape index (κ1) is 18.8. The molecule has 0 saturated carbocycles. The van der Waals surface area contributed by atoms with Gasteiger partial charge >= 0.3 is 0 Å². The highest BCUT2D eigenvalue weighted by atomic mass is 16.3. The van der Waals surface area contributed by atoms with E-state index in [4.69, 9.17) is 0 Å².